The minimum atomic E-state index is -0.267. The molecule has 0 aliphatic heterocycles. The van der Waals surface area contributed by atoms with Crippen LogP contribution >= 0.6 is 34.4 Å². The van der Waals surface area contributed by atoms with Gasteiger partial charge in [0.2, 0.25) is 11.8 Å². The maximum Gasteiger partial charge on any atom is 0.244 e. The van der Waals surface area contributed by atoms with E-state index in [0.717, 1.165) is 20.4 Å². The third-order valence-electron chi connectivity index (χ3n) is 5.16. The van der Waals surface area contributed by atoms with E-state index in [-0.39, 0.29) is 24.1 Å². The van der Waals surface area contributed by atoms with Crippen LogP contribution in [0.2, 0.25) is 0 Å². The summed E-state index contributed by atoms with van der Waals surface area (Å²) in [7, 11) is 3.13. The first kappa shape index (κ1) is 27.5. The van der Waals surface area contributed by atoms with E-state index in [1.165, 1.54) is 17.8 Å². The molecule has 0 atom stereocenters. The lowest BCUT2D eigenvalue weighted by molar-refractivity contribution is -0.116. The minimum absolute atomic E-state index is 0.120. The van der Waals surface area contributed by atoms with Crippen molar-refractivity contribution < 1.29 is 19.1 Å². The van der Waals surface area contributed by atoms with Gasteiger partial charge in [-0.25, -0.2) is 0 Å². The van der Waals surface area contributed by atoms with Crippen molar-refractivity contribution in [2.45, 2.75) is 32.1 Å². The lowest BCUT2D eigenvalue weighted by atomic mass is 10.2. The molecule has 11 heteroatoms. The zero-order valence-corrected chi connectivity index (χ0v) is 23.5. The van der Waals surface area contributed by atoms with E-state index >= 15 is 0 Å². The highest BCUT2D eigenvalue weighted by Crippen LogP contribution is 2.28. The third kappa shape index (κ3) is 7.47. The molecule has 2 N–H and O–H groups in total. The molecular formula is C25H28IN5O4S. The van der Waals surface area contributed by atoms with Gasteiger partial charge in [-0.1, -0.05) is 17.8 Å². The van der Waals surface area contributed by atoms with Gasteiger partial charge in [-0.3, -0.25) is 9.59 Å². The molecule has 0 radical (unpaired) electrons. The molecular weight excluding hydrogens is 593 g/mol. The van der Waals surface area contributed by atoms with E-state index < -0.39 is 0 Å². The Balaban J connectivity index is 1.54. The highest BCUT2D eigenvalue weighted by atomic mass is 127. The Hall–Kier alpha value is -3.06. The number of thioether (sulfide) groups is 1. The predicted octanol–water partition coefficient (Wildman–Crippen LogP) is 4.29. The van der Waals surface area contributed by atoms with Crippen LogP contribution < -0.4 is 20.1 Å². The normalized spacial score (nSPS) is 10.9. The molecule has 3 aromatic rings. The minimum Gasteiger partial charge on any atom is -0.493 e. The molecule has 3 rings (SSSR count). The summed E-state index contributed by atoms with van der Waals surface area (Å²) in [4.78, 5) is 24.8. The zero-order chi connectivity index (χ0) is 26.1. The van der Waals surface area contributed by atoms with Gasteiger partial charge < -0.3 is 24.7 Å². The number of nitrogens with zero attached hydrogens (tertiary/aromatic N) is 3. The van der Waals surface area contributed by atoms with E-state index in [9.17, 15) is 9.59 Å². The number of ether oxygens (including phenoxy) is 2. The number of halogens is 1. The first-order valence-electron chi connectivity index (χ1n) is 11.1. The number of amides is 2. The Morgan fingerprint density at radius 1 is 1.11 bits per heavy atom. The van der Waals surface area contributed by atoms with Gasteiger partial charge in [0.1, 0.15) is 0 Å². The average molecular weight is 622 g/mol. The highest BCUT2D eigenvalue weighted by molar-refractivity contribution is 14.1. The molecule has 0 saturated carbocycles. The summed E-state index contributed by atoms with van der Waals surface area (Å²) in [6.07, 6.45) is 3.14. The van der Waals surface area contributed by atoms with Crippen molar-refractivity contribution in [2.75, 3.05) is 25.3 Å². The molecule has 0 saturated heterocycles. The van der Waals surface area contributed by atoms with Gasteiger partial charge in [-0.15, -0.1) is 10.2 Å². The molecule has 0 aliphatic carbocycles. The second-order valence-corrected chi connectivity index (χ2v) is 9.79. The molecule has 1 heterocycles. The number of carbonyl (C=O) groups excluding carboxylic acids is 2. The first-order chi connectivity index (χ1) is 17.3. The Labute approximate surface area is 228 Å². The molecule has 9 nitrogen and oxygen atoms in total. The number of nitrogens with one attached hydrogen (secondary N) is 2. The number of aryl methyl sites for hydroxylation is 1. The summed E-state index contributed by atoms with van der Waals surface area (Å²) in [6, 6.07) is 11.3. The summed E-state index contributed by atoms with van der Waals surface area (Å²) < 4.78 is 13.5. The molecule has 36 heavy (non-hydrogen) atoms. The fourth-order valence-corrected chi connectivity index (χ4v) is 4.78. The SMILES string of the molecule is CCn1c(CNC(=O)C=Cc2ccc(OC)c(OC)c2)nnc1SCC(=O)Nc1ccc(I)cc1C. The van der Waals surface area contributed by atoms with E-state index in [4.69, 9.17) is 9.47 Å². The van der Waals surface area contributed by atoms with Gasteiger partial charge in [0.25, 0.3) is 0 Å². The number of methoxy groups -OCH3 is 2. The van der Waals surface area contributed by atoms with Crippen LogP contribution in [0.4, 0.5) is 5.69 Å². The first-order valence-corrected chi connectivity index (χ1v) is 13.2. The van der Waals surface area contributed by atoms with Crippen LogP contribution in [0.3, 0.4) is 0 Å². The lowest BCUT2D eigenvalue weighted by Gasteiger charge is -2.10. The van der Waals surface area contributed by atoms with Gasteiger partial charge in [-0.2, -0.15) is 0 Å². The van der Waals surface area contributed by atoms with Crippen LogP contribution in [0.25, 0.3) is 6.08 Å². The van der Waals surface area contributed by atoms with Crippen LogP contribution in [0, 0.1) is 10.5 Å². The smallest absolute Gasteiger partial charge is 0.244 e. The summed E-state index contributed by atoms with van der Waals surface area (Å²) in [5.41, 5.74) is 2.61. The zero-order valence-electron chi connectivity index (χ0n) is 20.5. The molecule has 0 spiro atoms. The summed E-state index contributed by atoms with van der Waals surface area (Å²) in [5.74, 6) is 1.63. The Kier molecular flexibility index (Phi) is 10.2. The summed E-state index contributed by atoms with van der Waals surface area (Å²) in [6.45, 7) is 4.75. The largest absolute Gasteiger partial charge is 0.493 e. The number of rotatable bonds is 11. The summed E-state index contributed by atoms with van der Waals surface area (Å²) in [5, 5.41) is 14.8. The van der Waals surface area contributed by atoms with Crippen LogP contribution in [0.15, 0.2) is 47.6 Å². The van der Waals surface area contributed by atoms with Crippen molar-refractivity contribution in [3.05, 3.63) is 63.0 Å². The third-order valence-corrected chi connectivity index (χ3v) is 6.80. The number of aromatic nitrogens is 3. The predicted molar refractivity (Wildman–Crippen MR) is 149 cm³/mol. The average Bonchev–Trinajstić information content (AvgIpc) is 3.28. The standard InChI is InChI=1S/C25H28IN5O4S/c1-5-31-22(14-27-23(32)11-7-17-6-10-20(34-3)21(13-17)35-4)29-30-25(31)36-15-24(33)28-19-9-8-18(26)12-16(19)2/h6-13H,5,14-15H2,1-4H3,(H,27,32)(H,28,33). The van der Waals surface area contributed by atoms with E-state index in [2.05, 4.69) is 43.4 Å². The van der Waals surface area contributed by atoms with Gasteiger partial charge in [0.15, 0.2) is 22.5 Å². The maximum atomic E-state index is 12.4. The second kappa shape index (κ2) is 13.3. The number of benzene rings is 2. The van der Waals surface area contributed by atoms with Crippen molar-refractivity contribution in [1.82, 2.24) is 20.1 Å². The maximum absolute atomic E-state index is 12.4. The second-order valence-electron chi connectivity index (χ2n) is 7.60. The highest BCUT2D eigenvalue weighted by Gasteiger charge is 2.14. The number of carbonyl (C=O) groups is 2. The van der Waals surface area contributed by atoms with Crippen LogP contribution in [0.5, 0.6) is 11.5 Å². The van der Waals surface area contributed by atoms with E-state index in [1.54, 1.807) is 32.4 Å². The fourth-order valence-electron chi connectivity index (χ4n) is 3.31. The van der Waals surface area contributed by atoms with Crippen molar-refractivity contribution in [3.63, 3.8) is 0 Å². The molecule has 1 aromatic heterocycles. The molecule has 190 valence electrons. The summed E-state index contributed by atoms with van der Waals surface area (Å²) >= 11 is 3.54. The molecule has 2 amide bonds. The van der Waals surface area contributed by atoms with E-state index in [0.29, 0.717) is 29.0 Å². The van der Waals surface area contributed by atoms with Gasteiger partial charge >= 0.3 is 0 Å². The van der Waals surface area contributed by atoms with Gasteiger partial charge in [0.05, 0.1) is 26.5 Å². The van der Waals surface area contributed by atoms with Gasteiger partial charge in [0, 0.05) is 21.9 Å². The number of anilines is 1. The Morgan fingerprint density at radius 2 is 1.89 bits per heavy atom. The van der Waals surface area contributed by atoms with Crippen molar-refractivity contribution in [3.8, 4) is 11.5 Å². The quantitative estimate of drug-likeness (QED) is 0.187. The van der Waals surface area contributed by atoms with E-state index in [1.807, 2.05) is 42.7 Å². The van der Waals surface area contributed by atoms with Crippen molar-refractivity contribution >= 4 is 57.9 Å². The lowest BCUT2D eigenvalue weighted by Crippen LogP contribution is -2.22. The fraction of sp³-hybridized carbons (Fsp3) is 0.280. The molecule has 0 fully saturated rings. The molecule has 2 aromatic carbocycles. The molecule has 0 aliphatic rings. The molecule has 0 bridgehead atoms. The van der Waals surface area contributed by atoms with Crippen molar-refractivity contribution in [1.29, 1.82) is 0 Å². The van der Waals surface area contributed by atoms with Gasteiger partial charge in [-0.05, 0) is 84.0 Å². The van der Waals surface area contributed by atoms with Crippen LogP contribution in [-0.2, 0) is 22.7 Å². The van der Waals surface area contributed by atoms with Crippen LogP contribution in [0.1, 0.15) is 23.9 Å². The Bertz CT molecular complexity index is 1260. The van der Waals surface area contributed by atoms with Crippen LogP contribution in [-0.4, -0.2) is 46.6 Å². The van der Waals surface area contributed by atoms with Crippen molar-refractivity contribution in [2.24, 2.45) is 0 Å². The number of hydrogen-bond donors (Lipinski definition) is 2. The topological polar surface area (TPSA) is 107 Å². The number of hydrogen-bond acceptors (Lipinski definition) is 7. The molecule has 0 unspecified atom stereocenters. The monoisotopic (exact) mass is 621 g/mol. The Morgan fingerprint density at radius 3 is 2.58 bits per heavy atom.